The molecule has 0 radical (unpaired) electrons. The topological polar surface area (TPSA) is 30.5 Å². The Balaban J connectivity index is 1.70. The summed E-state index contributed by atoms with van der Waals surface area (Å²) in [7, 11) is 0. The van der Waals surface area contributed by atoms with Crippen LogP contribution in [0, 0.1) is 0 Å². The number of rotatable bonds is 7. The molecule has 2 aromatic carbocycles. The molecule has 0 bridgehead atoms. The van der Waals surface area contributed by atoms with Crippen LogP contribution in [0.15, 0.2) is 54.6 Å². The largest absolute Gasteiger partial charge is 0.494 e. The second kappa shape index (κ2) is 7.56. The number of ether oxygens (including phenoxy) is 1. The van der Waals surface area contributed by atoms with E-state index in [1.165, 1.54) is 0 Å². The van der Waals surface area contributed by atoms with E-state index in [4.69, 9.17) is 9.57 Å². The number of nitrogens with one attached hydrogen (secondary N) is 1. The Morgan fingerprint density at radius 3 is 2.32 bits per heavy atom. The van der Waals surface area contributed by atoms with E-state index in [9.17, 15) is 0 Å². The highest BCUT2D eigenvalue weighted by Crippen LogP contribution is 2.11. The third kappa shape index (κ3) is 4.73. The fourth-order valence-electron chi connectivity index (χ4n) is 1.71. The minimum Gasteiger partial charge on any atom is -0.494 e. The third-order valence-electron chi connectivity index (χ3n) is 2.69. The summed E-state index contributed by atoms with van der Waals surface area (Å²) in [6.45, 7) is 3.92. The van der Waals surface area contributed by atoms with Crippen molar-refractivity contribution in [3.8, 4) is 5.75 Å². The first kappa shape index (κ1) is 13.6. The Kier molecular flexibility index (Phi) is 5.41. The lowest BCUT2D eigenvalue weighted by molar-refractivity contribution is 0.0235. The summed E-state index contributed by atoms with van der Waals surface area (Å²) >= 11 is 0. The average molecular weight is 257 g/mol. The number of hydroxylamine groups is 1. The monoisotopic (exact) mass is 257 g/mol. The first-order valence-corrected chi connectivity index (χ1v) is 6.49. The summed E-state index contributed by atoms with van der Waals surface area (Å²) in [4.78, 5) is 5.42. The summed E-state index contributed by atoms with van der Waals surface area (Å²) in [5.74, 6) is 0.899. The molecule has 0 aliphatic heterocycles. The predicted octanol–water partition coefficient (Wildman–Crippen LogP) is 3.31. The van der Waals surface area contributed by atoms with Gasteiger partial charge >= 0.3 is 0 Å². The molecule has 0 spiro atoms. The first-order valence-electron chi connectivity index (χ1n) is 6.49. The van der Waals surface area contributed by atoms with E-state index in [0.29, 0.717) is 19.8 Å². The second-order valence-electron chi connectivity index (χ2n) is 4.17. The normalized spacial score (nSPS) is 10.4. The van der Waals surface area contributed by atoms with Crippen molar-refractivity contribution in [2.75, 3.05) is 6.61 Å². The van der Waals surface area contributed by atoms with Gasteiger partial charge in [0.25, 0.3) is 0 Å². The molecule has 0 atom stereocenters. The van der Waals surface area contributed by atoms with Crippen LogP contribution in [-0.2, 0) is 18.0 Å². The van der Waals surface area contributed by atoms with Crippen LogP contribution in [0.3, 0.4) is 0 Å². The van der Waals surface area contributed by atoms with Gasteiger partial charge in [0, 0.05) is 6.54 Å². The van der Waals surface area contributed by atoms with Gasteiger partial charge in [-0.05, 0) is 30.2 Å². The Morgan fingerprint density at radius 2 is 1.63 bits per heavy atom. The highest BCUT2D eigenvalue weighted by Gasteiger charge is 1.96. The van der Waals surface area contributed by atoms with Gasteiger partial charge in [-0.3, -0.25) is 4.84 Å². The van der Waals surface area contributed by atoms with Gasteiger partial charge in [0.05, 0.1) is 13.2 Å². The maximum atomic E-state index is 5.42. The highest BCUT2D eigenvalue weighted by atomic mass is 16.6. The molecule has 19 heavy (non-hydrogen) atoms. The maximum absolute atomic E-state index is 5.42. The summed E-state index contributed by atoms with van der Waals surface area (Å²) in [5.41, 5.74) is 5.28. The molecule has 2 rings (SSSR count). The quantitative estimate of drug-likeness (QED) is 0.610. The lowest BCUT2D eigenvalue weighted by Crippen LogP contribution is -2.13. The van der Waals surface area contributed by atoms with Crippen LogP contribution in [0.4, 0.5) is 0 Å². The third-order valence-corrected chi connectivity index (χ3v) is 2.69. The average Bonchev–Trinajstić information content (AvgIpc) is 2.47. The van der Waals surface area contributed by atoms with Crippen LogP contribution >= 0.6 is 0 Å². The maximum Gasteiger partial charge on any atom is 0.119 e. The van der Waals surface area contributed by atoms with Gasteiger partial charge < -0.3 is 4.74 Å². The molecule has 0 aromatic heterocycles. The first-order chi connectivity index (χ1) is 9.38. The minimum absolute atomic E-state index is 0.567. The minimum atomic E-state index is 0.567. The van der Waals surface area contributed by atoms with E-state index < -0.39 is 0 Å². The molecule has 0 saturated carbocycles. The highest BCUT2D eigenvalue weighted by molar-refractivity contribution is 5.27. The standard InChI is InChI=1S/C16H19NO2/c1-2-18-16-10-8-14(9-11-16)12-17-19-13-15-6-4-3-5-7-15/h3-11,17H,2,12-13H2,1H3. The lowest BCUT2D eigenvalue weighted by atomic mass is 10.2. The van der Waals surface area contributed by atoms with Gasteiger partial charge in [-0.15, -0.1) is 0 Å². The van der Waals surface area contributed by atoms with E-state index in [1.54, 1.807) is 0 Å². The molecule has 0 heterocycles. The number of hydrogen-bond acceptors (Lipinski definition) is 3. The second-order valence-corrected chi connectivity index (χ2v) is 4.17. The zero-order valence-electron chi connectivity index (χ0n) is 11.1. The smallest absolute Gasteiger partial charge is 0.119 e. The molecule has 3 nitrogen and oxygen atoms in total. The molecular weight excluding hydrogens is 238 g/mol. The van der Waals surface area contributed by atoms with Crippen LogP contribution in [-0.4, -0.2) is 6.61 Å². The van der Waals surface area contributed by atoms with Crippen molar-refractivity contribution in [3.63, 3.8) is 0 Å². The molecule has 3 heteroatoms. The van der Waals surface area contributed by atoms with Crippen LogP contribution < -0.4 is 10.2 Å². The molecule has 0 amide bonds. The zero-order valence-corrected chi connectivity index (χ0v) is 11.1. The fraction of sp³-hybridized carbons (Fsp3) is 0.250. The lowest BCUT2D eigenvalue weighted by Gasteiger charge is -2.07. The number of benzene rings is 2. The van der Waals surface area contributed by atoms with Gasteiger partial charge in [-0.1, -0.05) is 42.5 Å². The molecule has 0 saturated heterocycles. The molecule has 1 N–H and O–H groups in total. The Labute approximate surface area is 114 Å². The summed E-state index contributed by atoms with van der Waals surface area (Å²) in [6.07, 6.45) is 0. The van der Waals surface area contributed by atoms with Crippen molar-refractivity contribution in [2.45, 2.75) is 20.1 Å². The van der Waals surface area contributed by atoms with E-state index in [2.05, 4.69) is 5.48 Å². The predicted molar refractivity (Wildman–Crippen MR) is 75.7 cm³/mol. The fourth-order valence-corrected chi connectivity index (χ4v) is 1.71. The molecule has 0 unspecified atom stereocenters. The van der Waals surface area contributed by atoms with E-state index in [1.807, 2.05) is 61.5 Å². The Morgan fingerprint density at radius 1 is 0.895 bits per heavy atom. The summed E-state index contributed by atoms with van der Waals surface area (Å²) < 4.78 is 5.39. The van der Waals surface area contributed by atoms with Gasteiger partial charge in [0.1, 0.15) is 5.75 Å². The molecule has 0 fully saturated rings. The zero-order chi connectivity index (χ0) is 13.3. The van der Waals surface area contributed by atoms with Crippen LogP contribution in [0.2, 0.25) is 0 Å². The van der Waals surface area contributed by atoms with Gasteiger partial charge in [-0.2, -0.15) is 5.48 Å². The number of hydrogen-bond donors (Lipinski definition) is 1. The molecular formula is C16H19NO2. The van der Waals surface area contributed by atoms with Crippen LogP contribution in [0.25, 0.3) is 0 Å². The van der Waals surface area contributed by atoms with Crippen molar-refractivity contribution in [1.29, 1.82) is 0 Å². The van der Waals surface area contributed by atoms with Gasteiger partial charge in [0.2, 0.25) is 0 Å². The summed E-state index contributed by atoms with van der Waals surface area (Å²) in [6, 6.07) is 18.1. The van der Waals surface area contributed by atoms with Gasteiger partial charge in [0.15, 0.2) is 0 Å². The van der Waals surface area contributed by atoms with Crippen molar-refractivity contribution in [1.82, 2.24) is 5.48 Å². The van der Waals surface area contributed by atoms with E-state index in [-0.39, 0.29) is 0 Å². The summed E-state index contributed by atoms with van der Waals surface area (Å²) in [5, 5.41) is 0. The van der Waals surface area contributed by atoms with Crippen molar-refractivity contribution >= 4 is 0 Å². The Hall–Kier alpha value is -1.84. The van der Waals surface area contributed by atoms with Crippen molar-refractivity contribution in [3.05, 3.63) is 65.7 Å². The molecule has 100 valence electrons. The van der Waals surface area contributed by atoms with Crippen LogP contribution in [0.1, 0.15) is 18.1 Å². The van der Waals surface area contributed by atoms with Crippen molar-refractivity contribution < 1.29 is 9.57 Å². The SMILES string of the molecule is CCOc1ccc(CNOCc2ccccc2)cc1. The van der Waals surface area contributed by atoms with E-state index in [0.717, 1.165) is 16.9 Å². The molecule has 0 aliphatic rings. The molecule has 0 aliphatic carbocycles. The van der Waals surface area contributed by atoms with Crippen molar-refractivity contribution in [2.24, 2.45) is 0 Å². The molecule has 2 aromatic rings. The van der Waals surface area contributed by atoms with Gasteiger partial charge in [-0.25, -0.2) is 0 Å². The Bertz CT molecular complexity index is 468. The van der Waals surface area contributed by atoms with Crippen LogP contribution in [0.5, 0.6) is 5.75 Å². The van der Waals surface area contributed by atoms with E-state index >= 15 is 0 Å².